The predicted octanol–water partition coefficient (Wildman–Crippen LogP) is 4.36. The number of fused-ring (bicyclic) bond motifs is 1. The smallest absolute Gasteiger partial charge is 0.243 e. The van der Waals surface area contributed by atoms with Crippen molar-refractivity contribution >= 4 is 20.9 Å². The van der Waals surface area contributed by atoms with Crippen LogP contribution in [0, 0.1) is 13.8 Å². The standard InChI is InChI=1S/C22H26N2O3S/c1-15-4-7-22(16(2)12-15)28(25,26)24-10-8-17(9-11-24)21-14-18-13-19(27-3)5-6-20(18)23-21/h4-7,12-14,17,23H,8-11H2,1-3H3. The number of rotatable bonds is 4. The van der Waals surface area contributed by atoms with Gasteiger partial charge in [0.15, 0.2) is 0 Å². The van der Waals surface area contributed by atoms with Crippen molar-refractivity contribution in [1.82, 2.24) is 9.29 Å². The summed E-state index contributed by atoms with van der Waals surface area (Å²) in [5.74, 6) is 1.18. The Balaban J connectivity index is 1.51. The minimum atomic E-state index is -3.44. The number of methoxy groups -OCH3 is 1. The molecular weight excluding hydrogens is 372 g/mol. The summed E-state index contributed by atoms with van der Waals surface area (Å²) in [4.78, 5) is 3.92. The van der Waals surface area contributed by atoms with Crippen molar-refractivity contribution in [3.8, 4) is 5.75 Å². The number of ether oxygens (including phenoxy) is 1. The second kappa shape index (κ2) is 7.26. The molecule has 2 aromatic carbocycles. The van der Waals surface area contributed by atoms with Gasteiger partial charge in [0, 0.05) is 35.6 Å². The van der Waals surface area contributed by atoms with E-state index in [1.165, 1.54) is 5.69 Å². The van der Waals surface area contributed by atoms with E-state index in [1.807, 2.05) is 44.2 Å². The molecule has 0 aliphatic carbocycles. The Morgan fingerprint density at radius 3 is 2.46 bits per heavy atom. The van der Waals surface area contributed by atoms with Crippen LogP contribution in [0.3, 0.4) is 0 Å². The molecule has 2 heterocycles. The molecule has 1 N–H and O–H groups in total. The fourth-order valence-electron chi connectivity index (χ4n) is 4.12. The minimum absolute atomic E-state index is 0.337. The lowest BCUT2D eigenvalue weighted by Gasteiger charge is -2.31. The zero-order chi connectivity index (χ0) is 19.9. The molecule has 0 saturated carbocycles. The van der Waals surface area contributed by atoms with Crippen molar-refractivity contribution < 1.29 is 13.2 Å². The Morgan fingerprint density at radius 2 is 1.79 bits per heavy atom. The van der Waals surface area contributed by atoms with Crippen LogP contribution in [-0.4, -0.2) is 37.9 Å². The number of nitrogens with one attached hydrogen (secondary N) is 1. The summed E-state index contributed by atoms with van der Waals surface area (Å²) < 4.78 is 33.1. The summed E-state index contributed by atoms with van der Waals surface area (Å²) in [6, 6.07) is 13.7. The van der Waals surface area contributed by atoms with E-state index in [9.17, 15) is 8.42 Å². The van der Waals surface area contributed by atoms with Crippen molar-refractivity contribution in [2.45, 2.75) is 37.5 Å². The molecule has 1 aromatic heterocycles. The third-order valence-corrected chi connectivity index (χ3v) is 7.75. The molecule has 0 radical (unpaired) electrons. The molecule has 148 valence electrons. The molecule has 28 heavy (non-hydrogen) atoms. The van der Waals surface area contributed by atoms with E-state index in [-0.39, 0.29) is 0 Å². The Hall–Kier alpha value is -2.31. The van der Waals surface area contributed by atoms with Crippen molar-refractivity contribution in [3.63, 3.8) is 0 Å². The molecule has 0 amide bonds. The molecule has 3 aromatic rings. The van der Waals surface area contributed by atoms with Gasteiger partial charge in [-0.05, 0) is 62.6 Å². The van der Waals surface area contributed by atoms with E-state index in [1.54, 1.807) is 17.5 Å². The second-order valence-electron chi connectivity index (χ2n) is 7.63. The van der Waals surface area contributed by atoms with Gasteiger partial charge in [-0.2, -0.15) is 4.31 Å². The van der Waals surface area contributed by atoms with Crippen LogP contribution in [-0.2, 0) is 10.0 Å². The summed E-state index contributed by atoms with van der Waals surface area (Å²) in [6.07, 6.45) is 1.63. The van der Waals surface area contributed by atoms with Gasteiger partial charge in [0.1, 0.15) is 5.75 Å². The normalized spacial score (nSPS) is 16.5. The Labute approximate surface area is 166 Å². The fraction of sp³-hybridized carbons (Fsp3) is 0.364. The minimum Gasteiger partial charge on any atom is -0.497 e. The number of sulfonamides is 1. The molecule has 0 unspecified atom stereocenters. The molecule has 5 nitrogen and oxygen atoms in total. The van der Waals surface area contributed by atoms with Crippen LogP contribution >= 0.6 is 0 Å². The SMILES string of the molecule is COc1ccc2[nH]c(C3CCN(S(=O)(=O)c4ccc(C)cc4C)CC3)cc2c1. The number of H-pyrrole nitrogens is 1. The summed E-state index contributed by atoms with van der Waals surface area (Å²) in [5.41, 5.74) is 4.14. The van der Waals surface area contributed by atoms with Crippen LogP contribution in [0.4, 0.5) is 0 Å². The van der Waals surface area contributed by atoms with Crippen LogP contribution in [0.15, 0.2) is 47.4 Å². The summed E-state index contributed by atoms with van der Waals surface area (Å²) in [6.45, 7) is 4.92. The third kappa shape index (κ3) is 3.42. The number of nitrogens with zero attached hydrogens (tertiary/aromatic N) is 1. The average molecular weight is 399 g/mol. The largest absolute Gasteiger partial charge is 0.497 e. The quantitative estimate of drug-likeness (QED) is 0.710. The Morgan fingerprint density at radius 1 is 1.04 bits per heavy atom. The van der Waals surface area contributed by atoms with Gasteiger partial charge in [0.25, 0.3) is 0 Å². The van der Waals surface area contributed by atoms with E-state index in [4.69, 9.17) is 4.74 Å². The number of hydrogen-bond donors (Lipinski definition) is 1. The van der Waals surface area contributed by atoms with Crippen molar-refractivity contribution in [2.24, 2.45) is 0 Å². The highest BCUT2D eigenvalue weighted by molar-refractivity contribution is 7.89. The summed E-state index contributed by atoms with van der Waals surface area (Å²) >= 11 is 0. The molecule has 6 heteroatoms. The number of hydrogen-bond acceptors (Lipinski definition) is 3. The highest BCUT2D eigenvalue weighted by atomic mass is 32.2. The van der Waals surface area contributed by atoms with Crippen LogP contribution in [0.5, 0.6) is 5.75 Å². The van der Waals surface area contributed by atoms with E-state index in [2.05, 4.69) is 11.1 Å². The first-order valence-corrected chi connectivity index (χ1v) is 11.1. The van der Waals surface area contributed by atoms with Gasteiger partial charge in [-0.15, -0.1) is 0 Å². The third-order valence-electron chi connectivity index (χ3n) is 5.69. The maximum atomic E-state index is 13.1. The highest BCUT2D eigenvalue weighted by Crippen LogP contribution is 2.33. The first-order valence-electron chi connectivity index (χ1n) is 9.62. The van der Waals surface area contributed by atoms with Gasteiger partial charge in [0.2, 0.25) is 10.0 Å². The van der Waals surface area contributed by atoms with E-state index in [0.29, 0.717) is 23.9 Å². The van der Waals surface area contributed by atoms with Crippen molar-refractivity contribution in [1.29, 1.82) is 0 Å². The van der Waals surface area contributed by atoms with Crippen molar-refractivity contribution in [3.05, 3.63) is 59.3 Å². The molecule has 0 spiro atoms. The van der Waals surface area contributed by atoms with E-state index < -0.39 is 10.0 Å². The maximum Gasteiger partial charge on any atom is 0.243 e. The van der Waals surface area contributed by atoms with Gasteiger partial charge in [0.05, 0.1) is 12.0 Å². The van der Waals surface area contributed by atoms with Crippen LogP contribution in [0.2, 0.25) is 0 Å². The lowest BCUT2D eigenvalue weighted by molar-refractivity contribution is 0.317. The Kier molecular flexibility index (Phi) is 4.93. The topological polar surface area (TPSA) is 62.4 Å². The van der Waals surface area contributed by atoms with E-state index in [0.717, 1.165) is 40.6 Å². The predicted molar refractivity (Wildman–Crippen MR) is 112 cm³/mol. The van der Waals surface area contributed by atoms with Gasteiger partial charge in [-0.3, -0.25) is 0 Å². The summed E-state index contributed by atoms with van der Waals surface area (Å²) in [7, 11) is -1.77. The van der Waals surface area contributed by atoms with Gasteiger partial charge < -0.3 is 9.72 Å². The molecule has 0 bridgehead atoms. The van der Waals surface area contributed by atoms with Crippen LogP contribution < -0.4 is 4.74 Å². The molecule has 0 atom stereocenters. The van der Waals surface area contributed by atoms with Gasteiger partial charge in [-0.25, -0.2) is 8.42 Å². The number of aromatic amines is 1. The molecule has 1 fully saturated rings. The molecule has 1 aliphatic rings. The monoisotopic (exact) mass is 398 g/mol. The number of benzene rings is 2. The molecule has 1 saturated heterocycles. The fourth-order valence-corrected chi connectivity index (χ4v) is 5.79. The van der Waals surface area contributed by atoms with Crippen LogP contribution in [0.1, 0.15) is 35.6 Å². The maximum absolute atomic E-state index is 13.1. The Bertz CT molecular complexity index is 1110. The summed E-state index contributed by atoms with van der Waals surface area (Å²) in [5, 5.41) is 1.12. The first kappa shape index (κ1) is 19.0. The lowest BCUT2D eigenvalue weighted by atomic mass is 9.95. The average Bonchev–Trinajstić information content (AvgIpc) is 3.11. The molecule has 1 aliphatic heterocycles. The van der Waals surface area contributed by atoms with Gasteiger partial charge >= 0.3 is 0 Å². The second-order valence-corrected chi connectivity index (χ2v) is 9.53. The lowest BCUT2D eigenvalue weighted by Crippen LogP contribution is -2.38. The zero-order valence-electron chi connectivity index (χ0n) is 16.5. The first-order chi connectivity index (χ1) is 13.4. The van der Waals surface area contributed by atoms with Gasteiger partial charge in [-0.1, -0.05) is 17.7 Å². The van der Waals surface area contributed by atoms with E-state index >= 15 is 0 Å². The highest BCUT2D eigenvalue weighted by Gasteiger charge is 2.31. The zero-order valence-corrected chi connectivity index (χ0v) is 17.3. The number of aromatic nitrogens is 1. The van der Waals surface area contributed by atoms with Crippen LogP contribution in [0.25, 0.3) is 10.9 Å². The molecule has 4 rings (SSSR count). The number of piperidine rings is 1. The molecular formula is C22H26N2O3S. The van der Waals surface area contributed by atoms with Crippen molar-refractivity contribution in [2.75, 3.05) is 20.2 Å². The number of aryl methyl sites for hydroxylation is 2.